The lowest BCUT2D eigenvalue weighted by molar-refractivity contribution is -0.201. The summed E-state index contributed by atoms with van der Waals surface area (Å²) < 4.78 is 17.5. The van der Waals surface area contributed by atoms with Crippen LogP contribution in [-0.2, 0) is 46.5 Å². The molecule has 0 spiro atoms. The lowest BCUT2D eigenvalue weighted by Crippen LogP contribution is -2.69. The lowest BCUT2D eigenvalue weighted by atomic mass is 9.62. The molecule has 4 aliphatic rings. The number of fused-ring (bicyclic) bond motifs is 4. The predicted octanol–water partition coefficient (Wildman–Crippen LogP) is 0.368. The molecule has 3 saturated heterocycles. The van der Waals surface area contributed by atoms with Crippen LogP contribution in [0.15, 0.2) is 54.6 Å². The quantitative estimate of drug-likeness (QED) is 0.251. The Hall–Kier alpha value is -4.14. The first-order valence-electron chi connectivity index (χ1n) is 14.8. The summed E-state index contributed by atoms with van der Waals surface area (Å²) in [5.74, 6) is -1.41. The number of likely N-dealkylation sites (N-methyl/N-ethyl adjacent to an activating group) is 1. The van der Waals surface area contributed by atoms with E-state index in [4.69, 9.17) is 24.2 Å². The van der Waals surface area contributed by atoms with Crippen molar-refractivity contribution < 1.29 is 43.3 Å². The monoisotopic (exact) mass is 620 g/mol. The Morgan fingerprint density at radius 2 is 1.84 bits per heavy atom. The van der Waals surface area contributed by atoms with Gasteiger partial charge in [-0.25, -0.2) is 0 Å². The number of ether oxygens (including phenoxy) is 3. The van der Waals surface area contributed by atoms with E-state index < -0.39 is 41.8 Å². The van der Waals surface area contributed by atoms with Crippen molar-refractivity contribution in [1.29, 1.82) is 0 Å². The first kappa shape index (κ1) is 30.9. The highest BCUT2D eigenvalue weighted by molar-refractivity contribution is 5.95. The predicted molar refractivity (Wildman–Crippen MR) is 158 cm³/mol. The minimum Gasteiger partial charge on any atom is -0.458 e. The number of rotatable bonds is 10. The van der Waals surface area contributed by atoms with E-state index in [1.165, 1.54) is 16.0 Å². The normalized spacial score (nSPS) is 28.4. The molecule has 3 aliphatic heterocycles. The number of hydrogen-bond acceptors (Lipinski definition) is 10. The molecule has 0 aromatic heterocycles. The number of hydrogen-bond donors (Lipinski definition) is 3. The molecule has 6 rings (SSSR count). The molecule has 13 nitrogen and oxygen atoms in total. The molecule has 3 N–H and O–H groups in total. The maximum Gasteiger partial charge on any atom is 0.327 e. The zero-order chi connectivity index (χ0) is 31.7. The van der Waals surface area contributed by atoms with Crippen LogP contribution < -0.4 is 10.6 Å². The van der Waals surface area contributed by atoms with Gasteiger partial charge in [-0.05, 0) is 34.9 Å². The molecule has 6 atom stereocenters. The van der Waals surface area contributed by atoms with Gasteiger partial charge < -0.3 is 34.9 Å². The minimum absolute atomic E-state index is 0.00204. The maximum atomic E-state index is 14.2. The summed E-state index contributed by atoms with van der Waals surface area (Å²) in [7, 11) is 3.36. The van der Waals surface area contributed by atoms with Crippen LogP contribution in [0.25, 0.3) is 6.08 Å². The SMILES string of the molecule is CN(C)C(=O)C=Cc1ccc(CN2O[C@@H]3[C@H]4OCO[C@H]4[C@H]4C[C@]3(C(=O)NCc3cccc(C(=O)NCCO)c3)[C@@H]2C(=O)O4)cc1. The number of amides is 3. The third-order valence-electron chi connectivity index (χ3n) is 8.71. The minimum atomic E-state index is -1.31. The molecule has 4 fully saturated rings. The summed E-state index contributed by atoms with van der Waals surface area (Å²) in [5.41, 5.74) is 1.43. The van der Waals surface area contributed by atoms with Gasteiger partial charge >= 0.3 is 5.97 Å². The molecular formula is C32H36N4O9. The third kappa shape index (κ3) is 5.85. The van der Waals surface area contributed by atoms with Crippen LogP contribution in [0, 0.1) is 5.41 Å². The first-order valence-corrected chi connectivity index (χ1v) is 14.8. The van der Waals surface area contributed by atoms with Gasteiger partial charge in [-0.15, -0.1) is 0 Å². The molecule has 1 aliphatic carbocycles. The number of nitrogens with zero attached hydrogens (tertiary/aromatic N) is 2. The van der Waals surface area contributed by atoms with Crippen molar-refractivity contribution in [1.82, 2.24) is 20.6 Å². The fraction of sp³-hybridized carbons (Fsp3) is 0.438. The number of benzene rings is 2. The van der Waals surface area contributed by atoms with E-state index in [1.54, 1.807) is 44.4 Å². The van der Waals surface area contributed by atoms with Gasteiger partial charge in [0.05, 0.1) is 13.2 Å². The van der Waals surface area contributed by atoms with Gasteiger partial charge in [-0.3, -0.25) is 24.0 Å². The third-order valence-corrected chi connectivity index (χ3v) is 8.71. The lowest BCUT2D eigenvalue weighted by Gasteiger charge is -2.48. The van der Waals surface area contributed by atoms with Crippen LogP contribution in [0.5, 0.6) is 0 Å². The van der Waals surface area contributed by atoms with E-state index in [1.807, 2.05) is 24.3 Å². The van der Waals surface area contributed by atoms with Crippen molar-refractivity contribution in [2.24, 2.45) is 5.41 Å². The molecule has 3 amide bonds. The van der Waals surface area contributed by atoms with Crippen molar-refractivity contribution in [3.8, 4) is 0 Å². The van der Waals surface area contributed by atoms with Gasteiger partial charge in [0.25, 0.3) is 5.91 Å². The van der Waals surface area contributed by atoms with E-state index >= 15 is 0 Å². The van der Waals surface area contributed by atoms with Gasteiger partial charge in [-0.2, -0.15) is 5.06 Å². The van der Waals surface area contributed by atoms with Gasteiger partial charge in [0, 0.05) is 45.2 Å². The van der Waals surface area contributed by atoms with E-state index in [0.29, 0.717) is 11.1 Å². The summed E-state index contributed by atoms with van der Waals surface area (Å²) in [6.07, 6.45) is 0.785. The van der Waals surface area contributed by atoms with E-state index in [0.717, 1.165) is 11.1 Å². The van der Waals surface area contributed by atoms with Gasteiger partial charge in [0.2, 0.25) is 11.8 Å². The van der Waals surface area contributed by atoms with Crippen LogP contribution in [0.4, 0.5) is 0 Å². The van der Waals surface area contributed by atoms with Crippen LogP contribution >= 0.6 is 0 Å². The summed E-state index contributed by atoms with van der Waals surface area (Å²) >= 11 is 0. The molecule has 0 unspecified atom stereocenters. The standard InChI is InChI=1S/C32H36N4O9/c1-35(2)24(38)11-10-19-6-8-20(9-7-19)17-36-27-30(40)44-23-15-32(27,28(45-36)26-25(23)42-18-43-26)31(41)34-16-21-4-3-5-22(14-21)29(39)33-12-13-37/h3-11,14,23,25-28,37H,12-13,15-18H2,1-2H3,(H,33,39)(H,34,41)/t23-,25+,26+,27+,28-,32+/m1/s1. The van der Waals surface area contributed by atoms with Crippen molar-refractivity contribution in [3.05, 3.63) is 76.9 Å². The van der Waals surface area contributed by atoms with E-state index in [2.05, 4.69) is 10.6 Å². The average molecular weight is 621 g/mol. The number of esters is 1. The summed E-state index contributed by atoms with van der Waals surface area (Å²) in [4.78, 5) is 60.0. The Morgan fingerprint density at radius 3 is 2.60 bits per heavy atom. The molecule has 2 aromatic rings. The fourth-order valence-electron chi connectivity index (χ4n) is 6.50. The fourth-order valence-corrected chi connectivity index (χ4v) is 6.50. The molecule has 1 saturated carbocycles. The number of nitrogens with one attached hydrogen (secondary N) is 2. The van der Waals surface area contributed by atoms with Crippen LogP contribution in [0.3, 0.4) is 0 Å². The molecule has 45 heavy (non-hydrogen) atoms. The second kappa shape index (κ2) is 12.7. The topological polar surface area (TPSA) is 156 Å². The number of aliphatic hydroxyl groups excluding tert-OH is 1. The second-order valence-corrected chi connectivity index (χ2v) is 11.8. The highest BCUT2D eigenvalue weighted by atomic mass is 16.8. The molecular weight excluding hydrogens is 584 g/mol. The Kier molecular flexibility index (Phi) is 8.71. The van der Waals surface area contributed by atoms with Crippen LogP contribution in [-0.4, -0.2) is 103 Å². The maximum absolute atomic E-state index is 14.2. The van der Waals surface area contributed by atoms with Crippen LogP contribution in [0.1, 0.15) is 33.5 Å². The Morgan fingerprint density at radius 1 is 1.07 bits per heavy atom. The molecule has 2 bridgehead atoms. The first-order chi connectivity index (χ1) is 21.7. The zero-order valence-electron chi connectivity index (χ0n) is 25.0. The zero-order valence-corrected chi connectivity index (χ0v) is 25.0. The van der Waals surface area contributed by atoms with E-state index in [-0.39, 0.29) is 57.2 Å². The number of aliphatic hydroxyl groups is 1. The molecule has 3 heterocycles. The van der Waals surface area contributed by atoms with Crippen molar-refractivity contribution >= 4 is 29.8 Å². The van der Waals surface area contributed by atoms with Crippen molar-refractivity contribution in [3.63, 3.8) is 0 Å². The number of carbonyl (C=O) groups excluding carboxylic acids is 4. The number of carbonyl (C=O) groups is 4. The average Bonchev–Trinajstić information content (AvgIpc) is 3.67. The molecule has 0 radical (unpaired) electrons. The largest absolute Gasteiger partial charge is 0.458 e. The Balaban J connectivity index is 1.23. The summed E-state index contributed by atoms with van der Waals surface area (Å²) in [5, 5.41) is 16.1. The Bertz CT molecular complexity index is 1500. The molecule has 13 heteroatoms. The summed E-state index contributed by atoms with van der Waals surface area (Å²) in [6, 6.07) is 13.2. The van der Waals surface area contributed by atoms with Crippen molar-refractivity contribution in [2.45, 2.75) is 50.0 Å². The van der Waals surface area contributed by atoms with Gasteiger partial charge in [0.1, 0.15) is 36.6 Å². The molecule has 2 aromatic carbocycles. The smallest absolute Gasteiger partial charge is 0.327 e. The summed E-state index contributed by atoms with van der Waals surface area (Å²) in [6.45, 7) is 0.262. The number of hydroxylamine groups is 2. The molecule has 238 valence electrons. The second-order valence-electron chi connectivity index (χ2n) is 11.8. The Labute approximate surface area is 260 Å². The van der Waals surface area contributed by atoms with Gasteiger partial charge in [0.15, 0.2) is 6.04 Å². The van der Waals surface area contributed by atoms with Gasteiger partial charge in [-0.1, -0.05) is 36.4 Å². The van der Waals surface area contributed by atoms with E-state index in [9.17, 15) is 19.2 Å². The van der Waals surface area contributed by atoms with Crippen molar-refractivity contribution in [2.75, 3.05) is 34.0 Å². The van der Waals surface area contributed by atoms with Crippen LogP contribution in [0.2, 0.25) is 0 Å². The highest BCUT2D eigenvalue weighted by Crippen LogP contribution is 2.55. The highest BCUT2D eigenvalue weighted by Gasteiger charge is 2.74.